The van der Waals surface area contributed by atoms with E-state index in [1.54, 1.807) is 0 Å². The molecule has 0 radical (unpaired) electrons. The lowest BCUT2D eigenvalue weighted by molar-refractivity contribution is -0.161. The second kappa shape index (κ2) is 55.8. The molecule has 0 spiro atoms. The highest BCUT2D eigenvalue weighted by Gasteiger charge is 2.30. The Labute approximate surface area is 510 Å². The standard InChI is InChI=1S/C65H122O17P2/c1-8-10-11-12-13-14-15-16-17-18-19-20-23-34-41-48-64(69)81-60(53-76-63(68)47-40-33-27-25-30-37-44-57(5)6)54-79-83(71,72)77-50-59(66)51-78-84(73,74)80-55-61(82-65(70)49-42-35-28-26-31-38-45-58(7)9-2)52-75-62(67)46-39-32-24-21-22-29-36-43-56(3)4/h14-17,56-61,66H,8-13,18-55H2,1-7H3,(H,71,72)(H,73,74)/b15-14-,17-16-/t58?,59?,60-,61-/m1/s1. The molecule has 494 valence electrons. The number of aliphatic hydroxyl groups excluding tert-OH is 1. The van der Waals surface area contributed by atoms with Gasteiger partial charge in [-0.25, -0.2) is 9.13 Å². The molecule has 0 aliphatic rings. The average Bonchev–Trinajstić information content (AvgIpc) is 3.46. The van der Waals surface area contributed by atoms with Crippen LogP contribution in [0.3, 0.4) is 0 Å². The van der Waals surface area contributed by atoms with Crippen molar-refractivity contribution in [3.63, 3.8) is 0 Å². The lowest BCUT2D eigenvalue weighted by Crippen LogP contribution is -2.30. The van der Waals surface area contributed by atoms with Crippen LogP contribution >= 0.6 is 15.6 Å². The van der Waals surface area contributed by atoms with E-state index >= 15 is 0 Å². The molecule has 3 N–H and O–H groups in total. The van der Waals surface area contributed by atoms with Crippen LogP contribution in [0.4, 0.5) is 0 Å². The van der Waals surface area contributed by atoms with E-state index in [4.69, 9.17) is 37.0 Å². The summed E-state index contributed by atoms with van der Waals surface area (Å²) in [6.07, 6.45) is 40.1. The van der Waals surface area contributed by atoms with Gasteiger partial charge in [0.2, 0.25) is 0 Å². The molecule has 0 aromatic rings. The smallest absolute Gasteiger partial charge is 0.462 e. The number of ether oxygens (including phenoxy) is 4. The van der Waals surface area contributed by atoms with E-state index in [1.165, 1.54) is 77.0 Å². The van der Waals surface area contributed by atoms with E-state index in [1.807, 2.05) is 0 Å². The predicted molar refractivity (Wildman–Crippen MR) is 335 cm³/mol. The van der Waals surface area contributed by atoms with Crippen molar-refractivity contribution in [1.29, 1.82) is 0 Å². The van der Waals surface area contributed by atoms with E-state index in [9.17, 15) is 43.2 Å². The second-order valence-corrected chi connectivity index (χ2v) is 26.9. The molecule has 0 saturated carbocycles. The van der Waals surface area contributed by atoms with Gasteiger partial charge in [-0.2, -0.15) is 0 Å². The highest BCUT2D eigenvalue weighted by molar-refractivity contribution is 7.47. The van der Waals surface area contributed by atoms with Gasteiger partial charge in [-0.3, -0.25) is 37.3 Å². The Morgan fingerprint density at radius 1 is 0.393 bits per heavy atom. The molecule has 19 heteroatoms. The van der Waals surface area contributed by atoms with Gasteiger partial charge < -0.3 is 33.8 Å². The number of allylic oxidation sites excluding steroid dienone is 4. The summed E-state index contributed by atoms with van der Waals surface area (Å²) in [6, 6.07) is 0. The molecule has 0 aromatic heterocycles. The van der Waals surface area contributed by atoms with Gasteiger partial charge in [0, 0.05) is 25.7 Å². The topological polar surface area (TPSA) is 237 Å². The van der Waals surface area contributed by atoms with Gasteiger partial charge in [0.25, 0.3) is 0 Å². The minimum absolute atomic E-state index is 0.0831. The van der Waals surface area contributed by atoms with Crippen molar-refractivity contribution >= 4 is 39.5 Å². The summed E-state index contributed by atoms with van der Waals surface area (Å²) in [6.45, 7) is 11.5. The quantitative estimate of drug-likeness (QED) is 0.0169. The third-order valence-electron chi connectivity index (χ3n) is 14.6. The minimum atomic E-state index is -4.95. The largest absolute Gasteiger partial charge is 0.472 e. The number of esters is 4. The Morgan fingerprint density at radius 3 is 1.06 bits per heavy atom. The molecule has 0 aromatic carbocycles. The molecule has 6 atom stereocenters. The number of phosphoric ester groups is 2. The first kappa shape index (κ1) is 81.5. The molecular weight excluding hydrogens is 1110 g/mol. The van der Waals surface area contributed by atoms with Crippen LogP contribution in [0.5, 0.6) is 0 Å². The van der Waals surface area contributed by atoms with Gasteiger partial charge in [-0.05, 0) is 69.1 Å². The molecule has 84 heavy (non-hydrogen) atoms. The maximum absolute atomic E-state index is 13.0. The minimum Gasteiger partial charge on any atom is -0.462 e. The van der Waals surface area contributed by atoms with Crippen molar-refractivity contribution in [3.05, 3.63) is 24.3 Å². The average molecular weight is 1240 g/mol. The Kier molecular flexibility index (Phi) is 54.2. The Bertz CT molecular complexity index is 1760. The van der Waals surface area contributed by atoms with E-state index in [0.717, 1.165) is 121 Å². The molecule has 17 nitrogen and oxygen atoms in total. The molecule has 4 unspecified atom stereocenters. The first-order chi connectivity index (χ1) is 40.3. The molecular formula is C65H122O17P2. The van der Waals surface area contributed by atoms with Gasteiger partial charge in [-0.15, -0.1) is 0 Å². The van der Waals surface area contributed by atoms with Crippen molar-refractivity contribution in [3.8, 4) is 0 Å². The van der Waals surface area contributed by atoms with Crippen LogP contribution < -0.4 is 0 Å². The van der Waals surface area contributed by atoms with Crippen LogP contribution in [0.15, 0.2) is 24.3 Å². The summed E-state index contributed by atoms with van der Waals surface area (Å²) in [7, 11) is -9.90. The number of phosphoric acid groups is 2. The van der Waals surface area contributed by atoms with E-state index in [2.05, 4.69) is 72.8 Å². The molecule has 0 fully saturated rings. The normalized spacial score (nSPS) is 14.9. The fraction of sp³-hybridized carbons (Fsp3) is 0.877. The molecule has 0 rings (SSSR count). The van der Waals surface area contributed by atoms with Crippen molar-refractivity contribution in [2.75, 3.05) is 39.6 Å². The number of hydrogen-bond donors (Lipinski definition) is 3. The third kappa shape index (κ3) is 57.3. The second-order valence-electron chi connectivity index (χ2n) is 24.0. The Balaban J connectivity index is 5.27. The van der Waals surface area contributed by atoms with Gasteiger partial charge >= 0.3 is 39.5 Å². The molecule has 0 aliphatic carbocycles. The van der Waals surface area contributed by atoms with E-state index in [-0.39, 0.29) is 25.7 Å². The fourth-order valence-electron chi connectivity index (χ4n) is 9.08. The first-order valence-electron chi connectivity index (χ1n) is 33.2. The number of hydrogen-bond acceptors (Lipinski definition) is 15. The summed E-state index contributed by atoms with van der Waals surface area (Å²) < 4.78 is 67.9. The van der Waals surface area contributed by atoms with Crippen molar-refractivity contribution < 1.29 is 80.2 Å². The molecule has 0 heterocycles. The van der Waals surface area contributed by atoms with Crippen LogP contribution in [0.25, 0.3) is 0 Å². The summed E-state index contributed by atoms with van der Waals surface area (Å²) in [5, 5.41) is 10.5. The lowest BCUT2D eigenvalue weighted by atomic mass is 10.00. The summed E-state index contributed by atoms with van der Waals surface area (Å²) in [4.78, 5) is 72.2. The number of carbonyl (C=O) groups is 4. The molecule has 0 aliphatic heterocycles. The Morgan fingerprint density at radius 2 is 0.702 bits per heavy atom. The molecule has 0 bridgehead atoms. The van der Waals surface area contributed by atoms with Gasteiger partial charge in [0.1, 0.15) is 19.3 Å². The number of rotatable bonds is 61. The zero-order valence-electron chi connectivity index (χ0n) is 53.8. The Hall–Kier alpha value is -2.46. The lowest BCUT2D eigenvalue weighted by Gasteiger charge is -2.21. The zero-order chi connectivity index (χ0) is 62.4. The first-order valence-corrected chi connectivity index (χ1v) is 36.2. The highest BCUT2D eigenvalue weighted by Crippen LogP contribution is 2.45. The van der Waals surface area contributed by atoms with E-state index < -0.39 is 97.5 Å². The highest BCUT2D eigenvalue weighted by atomic mass is 31.2. The zero-order valence-corrected chi connectivity index (χ0v) is 55.6. The van der Waals surface area contributed by atoms with Gasteiger partial charge in [-0.1, -0.05) is 240 Å². The molecule has 0 saturated heterocycles. The van der Waals surface area contributed by atoms with Crippen LogP contribution in [0, 0.1) is 17.8 Å². The van der Waals surface area contributed by atoms with Crippen molar-refractivity contribution in [1.82, 2.24) is 0 Å². The van der Waals surface area contributed by atoms with Crippen LogP contribution in [-0.4, -0.2) is 96.7 Å². The third-order valence-corrected chi connectivity index (χ3v) is 16.5. The van der Waals surface area contributed by atoms with Gasteiger partial charge in [0.15, 0.2) is 12.2 Å². The number of unbranched alkanes of at least 4 members (excludes halogenated alkanes) is 25. The van der Waals surface area contributed by atoms with Gasteiger partial charge in [0.05, 0.1) is 26.4 Å². The number of aliphatic hydroxyl groups is 1. The maximum Gasteiger partial charge on any atom is 0.472 e. The monoisotopic (exact) mass is 1240 g/mol. The summed E-state index contributed by atoms with van der Waals surface area (Å²) >= 11 is 0. The fourth-order valence-corrected chi connectivity index (χ4v) is 10.7. The summed E-state index contributed by atoms with van der Waals surface area (Å²) in [5.41, 5.74) is 0. The van der Waals surface area contributed by atoms with E-state index in [0.29, 0.717) is 37.5 Å². The number of carbonyl (C=O) groups excluding carboxylic acids is 4. The van der Waals surface area contributed by atoms with Crippen LogP contribution in [-0.2, 0) is 65.4 Å². The summed E-state index contributed by atoms with van der Waals surface area (Å²) in [5.74, 6) is -0.0731. The maximum atomic E-state index is 13.0. The van der Waals surface area contributed by atoms with Crippen molar-refractivity contribution in [2.24, 2.45) is 17.8 Å². The van der Waals surface area contributed by atoms with Crippen LogP contribution in [0.2, 0.25) is 0 Å². The SMILES string of the molecule is CCCCCC/C=C\C=C/CCCCCCCC(=O)O[C@H](COC(=O)CCCCCCCCC(C)C)COP(=O)(O)OCC(O)COP(=O)(O)OC[C@@H](COC(=O)CCCCCCCCCC(C)C)OC(=O)CCCCCCCCC(C)CC. The molecule has 0 amide bonds. The predicted octanol–water partition coefficient (Wildman–Crippen LogP) is 17.4. The van der Waals surface area contributed by atoms with Crippen molar-refractivity contribution in [2.45, 2.75) is 311 Å². The van der Waals surface area contributed by atoms with Crippen LogP contribution in [0.1, 0.15) is 292 Å².